The molecule has 2 aromatic rings. The van der Waals surface area contributed by atoms with E-state index in [1.807, 2.05) is 6.08 Å². The Morgan fingerprint density at radius 1 is 0.910 bits per heavy atom. The van der Waals surface area contributed by atoms with Crippen molar-refractivity contribution >= 4 is 69.1 Å². The molecule has 7 atom stereocenters. The Balaban J connectivity index is 1.32. The monoisotopic (exact) mass is 1030 g/mol. The van der Waals surface area contributed by atoms with Crippen molar-refractivity contribution in [3.05, 3.63) is 37.0 Å². The normalized spacial score (nSPS) is 20.3. The minimum Gasteiger partial charge on any atom is -0.386 e. The number of thioether (sulfide) groups is 1. The molecule has 3 rings (SSSR count). The SMILES string of the molecule is CCCCCCCC/C=C/CCCCC/C=C/C(=O)SCCNC(=O)CCNC(=O)[C@H](O)C(C)(C)COP(=O)(O)OP(=O)(O)OC[C@H]1O[C@@H](n2cnc3c(N)ncnc32)[C@H](O)[C@@H]1OP(=O)(O)O. The second-order valence-corrected chi connectivity index (χ2v) is 21.6. The third-order valence-corrected chi connectivity index (χ3v) is 14.1. The number of unbranched alkanes of at least 4 members (excludes halogenated alkanes) is 10. The Morgan fingerprint density at radius 2 is 1.54 bits per heavy atom. The van der Waals surface area contributed by atoms with Crippen molar-refractivity contribution < 1.29 is 80.5 Å². The minimum atomic E-state index is -5.58. The molecule has 24 nitrogen and oxygen atoms in total. The molecule has 2 amide bonds. The number of aromatic nitrogens is 4. The van der Waals surface area contributed by atoms with Crippen LogP contribution in [0.4, 0.5) is 5.82 Å². The van der Waals surface area contributed by atoms with Gasteiger partial charge in [0.2, 0.25) is 16.9 Å². The standard InChI is InChI=1S/C39H66N7O17P3S/c1-4-5-6-7-8-9-10-11-12-13-14-15-16-17-18-19-30(48)67-23-22-41-29(47)20-21-42-37(51)34(50)39(2,3)25-60-66(57,58)63-65(55,56)59-24-28-33(62-64(52,53)54)32(49)38(61-28)46-27-45-31-35(40)43-26-44-36(31)46/h11-12,18-19,26-28,32-34,38,49-50H,4-10,13-17,20-25H2,1-3H3,(H,41,47)(H,42,51)(H,55,56)(H,57,58)(H2,40,43,44)(H2,52,53,54)/b12-11+,19-18+/t28-,32-,33-,34+,38-/m1/s1. The molecule has 28 heteroatoms. The van der Waals surface area contributed by atoms with Crippen LogP contribution in [0.3, 0.4) is 0 Å². The van der Waals surface area contributed by atoms with Gasteiger partial charge in [0.1, 0.15) is 36.3 Å². The zero-order chi connectivity index (χ0) is 49.7. The van der Waals surface area contributed by atoms with E-state index in [1.165, 1.54) is 58.4 Å². The van der Waals surface area contributed by atoms with Crippen LogP contribution in [0.15, 0.2) is 37.0 Å². The van der Waals surface area contributed by atoms with Crippen molar-refractivity contribution in [1.29, 1.82) is 0 Å². The van der Waals surface area contributed by atoms with Crippen molar-refractivity contribution in [3.63, 3.8) is 0 Å². The molecule has 10 N–H and O–H groups in total. The summed E-state index contributed by atoms with van der Waals surface area (Å²) in [6, 6.07) is 0. The topological polar surface area (TPSA) is 364 Å². The number of fused-ring (bicyclic) bond motifs is 1. The van der Waals surface area contributed by atoms with Crippen LogP contribution < -0.4 is 16.4 Å². The Morgan fingerprint density at radius 3 is 2.21 bits per heavy atom. The third-order valence-electron chi connectivity index (χ3n) is 10.1. The van der Waals surface area contributed by atoms with E-state index >= 15 is 0 Å². The summed E-state index contributed by atoms with van der Waals surface area (Å²) < 4.78 is 62.4. The van der Waals surface area contributed by atoms with Gasteiger partial charge in [-0.3, -0.25) is 32.5 Å². The van der Waals surface area contributed by atoms with Crippen LogP contribution in [0.1, 0.15) is 110 Å². The Bertz CT molecular complexity index is 2090. The minimum absolute atomic E-state index is 0.0315. The number of ether oxygens (including phenoxy) is 1. The molecular formula is C39H66N7O17P3S. The summed E-state index contributed by atoms with van der Waals surface area (Å²) in [6.45, 7) is 2.73. The predicted molar refractivity (Wildman–Crippen MR) is 246 cm³/mol. The van der Waals surface area contributed by atoms with Crippen LogP contribution in [-0.2, 0) is 50.7 Å². The van der Waals surface area contributed by atoms with E-state index in [0.29, 0.717) is 5.75 Å². The fourth-order valence-electron chi connectivity index (χ4n) is 6.49. The summed E-state index contributed by atoms with van der Waals surface area (Å²) in [5.74, 6) is -1.11. The third kappa shape index (κ3) is 21.7. The first kappa shape index (κ1) is 58.4. The molecule has 1 saturated heterocycles. The van der Waals surface area contributed by atoms with Gasteiger partial charge in [-0.1, -0.05) is 89.3 Å². The highest BCUT2D eigenvalue weighted by Gasteiger charge is 2.50. The van der Waals surface area contributed by atoms with Crippen LogP contribution in [0.5, 0.6) is 0 Å². The van der Waals surface area contributed by atoms with Gasteiger partial charge in [0.15, 0.2) is 17.7 Å². The van der Waals surface area contributed by atoms with Gasteiger partial charge in [0.25, 0.3) is 0 Å². The highest BCUT2D eigenvalue weighted by atomic mass is 32.2. The summed E-state index contributed by atoms with van der Waals surface area (Å²) in [6.07, 6.45) is 15.1. The average molecular weight is 1030 g/mol. The lowest BCUT2D eigenvalue weighted by atomic mass is 9.87. The number of phosphoric acid groups is 3. The molecule has 1 fully saturated rings. The van der Waals surface area contributed by atoms with Crippen molar-refractivity contribution in [2.24, 2.45) is 5.41 Å². The molecule has 2 unspecified atom stereocenters. The van der Waals surface area contributed by atoms with Gasteiger partial charge in [-0.2, -0.15) is 4.31 Å². The number of aliphatic hydroxyl groups excluding tert-OH is 2. The number of nitrogens with two attached hydrogens (primary N) is 1. The number of imidazole rings is 1. The number of nitrogens with zero attached hydrogens (tertiary/aromatic N) is 4. The Kier molecular flexibility index (Phi) is 24.9. The van der Waals surface area contributed by atoms with Gasteiger partial charge in [-0.15, -0.1) is 0 Å². The van der Waals surface area contributed by atoms with Crippen molar-refractivity contribution in [1.82, 2.24) is 30.2 Å². The smallest absolute Gasteiger partial charge is 0.386 e. The van der Waals surface area contributed by atoms with Crippen molar-refractivity contribution in [2.45, 2.75) is 135 Å². The maximum atomic E-state index is 12.7. The number of amides is 2. The number of hydrogen-bond acceptors (Lipinski definition) is 18. The largest absolute Gasteiger partial charge is 0.481 e. The van der Waals surface area contributed by atoms with E-state index in [-0.39, 0.29) is 41.6 Å². The second-order valence-electron chi connectivity index (χ2n) is 16.3. The van der Waals surface area contributed by atoms with Crippen molar-refractivity contribution in [3.8, 4) is 0 Å². The summed E-state index contributed by atoms with van der Waals surface area (Å²) >= 11 is 1.06. The van der Waals surface area contributed by atoms with Gasteiger partial charge in [-0.05, 0) is 44.6 Å². The lowest BCUT2D eigenvalue weighted by Gasteiger charge is -2.30. The van der Waals surface area contributed by atoms with E-state index < -0.39 is 84.6 Å². The van der Waals surface area contributed by atoms with E-state index in [2.05, 4.69) is 53.5 Å². The zero-order valence-corrected chi connectivity index (χ0v) is 41.4. The molecule has 0 radical (unpaired) electrons. The van der Waals surface area contributed by atoms with Gasteiger partial charge in [-0.25, -0.2) is 28.6 Å². The number of allylic oxidation sites excluding steroid dienone is 3. The van der Waals surface area contributed by atoms with E-state index in [0.717, 1.165) is 67.5 Å². The Labute approximate surface area is 393 Å². The lowest BCUT2D eigenvalue weighted by molar-refractivity contribution is -0.137. The average Bonchev–Trinajstić information content (AvgIpc) is 3.81. The van der Waals surface area contributed by atoms with Crippen molar-refractivity contribution in [2.75, 3.05) is 37.8 Å². The number of nitrogen functional groups attached to an aromatic ring is 1. The van der Waals surface area contributed by atoms with Crippen LogP contribution >= 0.6 is 35.2 Å². The molecular weight excluding hydrogens is 963 g/mol. The van der Waals surface area contributed by atoms with Crippen LogP contribution in [0.25, 0.3) is 11.2 Å². The maximum Gasteiger partial charge on any atom is 0.481 e. The van der Waals surface area contributed by atoms with E-state index in [9.17, 15) is 57.9 Å². The fraction of sp³-hybridized carbons (Fsp3) is 0.692. The molecule has 3 heterocycles. The van der Waals surface area contributed by atoms with Gasteiger partial charge in [0.05, 0.1) is 19.5 Å². The van der Waals surface area contributed by atoms with Gasteiger partial charge >= 0.3 is 23.5 Å². The fourth-order valence-corrected chi connectivity index (χ4v) is 9.92. The molecule has 67 heavy (non-hydrogen) atoms. The number of carbonyl (C=O) groups is 3. The van der Waals surface area contributed by atoms with Crippen LogP contribution in [-0.4, -0.2) is 123 Å². The molecule has 1 aliphatic rings. The zero-order valence-electron chi connectivity index (χ0n) is 37.9. The van der Waals surface area contributed by atoms with Gasteiger partial charge < -0.3 is 50.9 Å². The maximum absolute atomic E-state index is 12.7. The molecule has 2 aromatic heterocycles. The number of phosphoric ester groups is 3. The number of nitrogens with one attached hydrogen (secondary N) is 2. The first-order valence-corrected chi connectivity index (χ1v) is 27.4. The summed E-state index contributed by atoms with van der Waals surface area (Å²) in [7, 11) is -16.4. The summed E-state index contributed by atoms with van der Waals surface area (Å²) in [5.41, 5.74) is 4.28. The molecule has 0 bridgehead atoms. The molecule has 380 valence electrons. The predicted octanol–water partition coefficient (Wildman–Crippen LogP) is 4.48. The van der Waals surface area contributed by atoms with E-state index in [4.69, 9.17) is 19.5 Å². The van der Waals surface area contributed by atoms with Gasteiger partial charge in [0, 0.05) is 30.7 Å². The second kappa shape index (κ2) is 28.6. The first-order valence-electron chi connectivity index (χ1n) is 21.9. The highest BCUT2D eigenvalue weighted by Crippen LogP contribution is 2.61. The molecule has 0 aromatic carbocycles. The number of carbonyl (C=O) groups excluding carboxylic acids is 3. The quantitative estimate of drug-likeness (QED) is 0.0206. The lowest BCUT2D eigenvalue weighted by Crippen LogP contribution is -2.46. The van der Waals surface area contributed by atoms with E-state index in [1.54, 1.807) is 0 Å². The Hall–Kier alpha value is -2.96. The summed E-state index contributed by atoms with van der Waals surface area (Å²) in [5, 5.41) is 26.4. The summed E-state index contributed by atoms with van der Waals surface area (Å²) in [4.78, 5) is 88.2. The molecule has 1 aliphatic heterocycles. The number of aliphatic hydroxyl groups is 2. The number of anilines is 1. The number of rotatable bonds is 33. The first-order chi connectivity index (χ1) is 31.6. The van der Waals surface area contributed by atoms with Crippen LogP contribution in [0, 0.1) is 5.41 Å². The molecule has 0 saturated carbocycles. The number of hydrogen-bond donors (Lipinski definition) is 9. The highest BCUT2D eigenvalue weighted by molar-refractivity contribution is 8.14. The van der Waals surface area contributed by atoms with Crippen LogP contribution in [0.2, 0.25) is 0 Å². The molecule has 0 aliphatic carbocycles. The molecule has 0 spiro atoms.